The van der Waals surface area contributed by atoms with Gasteiger partial charge in [0, 0.05) is 11.1 Å². The van der Waals surface area contributed by atoms with Crippen molar-refractivity contribution in [3.8, 4) is 22.8 Å². The van der Waals surface area contributed by atoms with E-state index < -0.39 is 11.5 Å². The number of benzene rings is 2. The molecule has 5 N–H and O–H groups in total. The summed E-state index contributed by atoms with van der Waals surface area (Å²) in [4.78, 5) is 21.4. The van der Waals surface area contributed by atoms with E-state index in [1.54, 1.807) is 25.1 Å². The highest BCUT2D eigenvalue weighted by Crippen LogP contribution is 2.39. The van der Waals surface area contributed by atoms with Crippen LogP contribution in [-0.4, -0.2) is 45.9 Å². The maximum atomic E-state index is 12.6. The van der Waals surface area contributed by atoms with Gasteiger partial charge in [-0.15, -0.1) is 0 Å². The molecule has 1 aliphatic heterocycles. The number of amides is 1. The molecule has 1 amide bonds. The first kappa shape index (κ1) is 23.6. The van der Waals surface area contributed by atoms with Crippen molar-refractivity contribution in [3.63, 3.8) is 0 Å². The summed E-state index contributed by atoms with van der Waals surface area (Å²) in [7, 11) is 1.54. The quantitative estimate of drug-likeness (QED) is 0.361. The number of nitrogens with two attached hydrogens (primary N) is 2. The molecule has 36 heavy (non-hydrogen) atoms. The predicted octanol–water partition coefficient (Wildman–Crippen LogP) is 2.79. The third kappa shape index (κ3) is 4.09. The lowest BCUT2D eigenvalue weighted by Crippen LogP contribution is -2.43. The van der Waals surface area contributed by atoms with Gasteiger partial charge >= 0.3 is 0 Å². The Balaban J connectivity index is 1.62. The van der Waals surface area contributed by atoms with Crippen molar-refractivity contribution in [2.24, 2.45) is 5.73 Å². The van der Waals surface area contributed by atoms with Crippen molar-refractivity contribution in [2.75, 3.05) is 25.9 Å². The Hall–Kier alpha value is -4.18. The maximum absolute atomic E-state index is 12.6. The van der Waals surface area contributed by atoms with Crippen LogP contribution in [0, 0.1) is 0 Å². The van der Waals surface area contributed by atoms with E-state index in [4.69, 9.17) is 26.0 Å². The minimum Gasteiger partial charge on any atom is -0.496 e. The average Bonchev–Trinajstić information content (AvgIpc) is 3.30. The second kappa shape index (κ2) is 9.46. The normalized spacial score (nSPS) is 15.9. The van der Waals surface area contributed by atoms with E-state index in [2.05, 4.69) is 15.3 Å². The van der Waals surface area contributed by atoms with Crippen LogP contribution in [0.3, 0.4) is 0 Å². The Bertz CT molecular complexity index is 1400. The Labute approximate surface area is 208 Å². The van der Waals surface area contributed by atoms with Gasteiger partial charge in [-0.3, -0.25) is 4.79 Å². The topological polar surface area (TPSA) is 143 Å². The molecule has 2 aromatic carbocycles. The maximum Gasteiger partial charge on any atom is 0.266 e. The first-order valence-corrected chi connectivity index (χ1v) is 11.8. The summed E-state index contributed by atoms with van der Waals surface area (Å²) in [5, 5.41) is 9.01. The van der Waals surface area contributed by atoms with Crippen molar-refractivity contribution in [3.05, 3.63) is 60.4 Å². The third-order valence-electron chi connectivity index (χ3n) is 6.70. The second-order valence-electron chi connectivity index (χ2n) is 8.96. The number of hydrogen-bond donors (Lipinski definition) is 3. The van der Waals surface area contributed by atoms with Crippen molar-refractivity contribution in [1.29, 1.82) is 0 Å². The van der Waals surface area contributed by atoms with E-state index in [0.717, 1.165) is 31.5 Å². The van der Waals surface area contributed by atoms with E-state index in [-0.39, 0.29) is 6.04 Å². The van der Waals surface area contributed by atoms with Crippen LogP contribution in [0.4, 0.5) is 5.82 Å². The number of methoxy groups -OCH3 is 1. The van der Waals surface area contributed by atoms with Crippen molar-refractivity contribution in [1.82, 2.24) is 25.1 Å². The van der Waals surface area contributed by atoms with Gasteiger partial charge in [0.05, 0.1) is 18.5 Å². The van der Waals surface area contributed by atoms with Crippen LogP contribution < -0.4 is 26.3 Å². The minimum atomic E-state index is -1.47. The number of anilines is 1. The van der Waals surface area contributed by atoms with Crippen LogP contribution in [-0.2, 0) is 10.4 Å². The Morgan fingerprint density at radius 3 is 2.58 bits per heavy atom. The number of carbonyl (C=O) groups excluding carboxylic acids is 1. The van der Waals surface area contributed by atoms with Gasteiger partial charge in [0.1, 0.15) is 29.3 Å². The van der Waals surface area contributed by atoms with Gasteiger partial charge in [-0.2, -0.15) is 5.10 Å². The van der Waals surface area contributed by atoms with Crippen LogP contribution in [0.15, 0.2) is 54.9 Å². The van der Waals surface area contributed by atoms with E-state index in [0.29, 0.717) is 39.6 Å². The zero-order valence-corrected chi connectivity index (χ0v) is 20.3. The molecule has 0 spiro atoms. The number of primary amides is 1. The molecule has 1 fully saturated rings. The standard InChI is InChI=1S/C26H29N7O3/c1-26(25(28)34,36-18-6-4-3-5-7-18)19-9-8-16(14-20(19)35-2)22-21-23(27)30-15-31-24(21)33(32-22)17-10-12-29-13-11-17/h3-9,14-15,17,29H,10-13H2,1-2H3,(H2,28,34)(H2,27,30,31). The fraction of sp³-hybridized carbons (Fsp3) is 0.308. The summed E-state index contributed by atoms with van der Waals surface area (Å²) in [5.74, 6) is 0.662. The van der Waals surface area contributed by atoms with Gasteiger partial charge in [0.25, 0.3) is 5.91 Å². The number of rotatable bonds is 7. The van der Waals surface area contributed by atoms with E-state index in [9.17, 15) is 4.79 Å². The molecule has 1 atom stereocenters. The van der Waals surface area contributed by atoms with Crippen molar-refractivity contribution in [2.45, 2.75) is 31.4 Å². The summed E-state index contributed by atoms with van der Waals surface area (Å²) < 4.78 is 13.8. The SMILES string of the molecule is COc1cc(-c2nn(C3CCNCC3)c3ncnc(N)c23)ccc1C(C)(Oc1ccccc1)C(N)=O. The van der Waals surface area contributed by atoms with Gasteiger partial charge in [-0.25, -0.2) is 14.6 Å². The number of fused-ring (bicyclic) bond motifs is 1. The van der Waals surface area contributed by atoms with Gasteiger partial charge in [-0.1, -0.05) is 30.3 Å². The van der Waals surface area contributed by atoms with Gasteiger partial charge < -0.3 is 26.3 Å². The smallest absolute Gasteiger partial charge is 0.266 e. The molecular weight excluding hydrogens is 458 g/mol. The number of ether oxygens (including phenoxy) is 2. The minimum absolute atomic E-state index is 0.204. The van der Waals surface area contributed by atoms with Crippen molar-refractivity contribution < 1.29 is 14.3 Å². The average molecular weight is 488 g/mol. The van der Waals surface area contributed by atoms with E-state index in [1.165, 1.54) is 13.4 Å². The van der Waals surface area contributed by atoms with E-state index in [1.807, 2.05) is 35.0 Å². The van der Waals surface area contributed by atoms with Gasteiger partial charge in [0.15, 0.2) is 5.65 Å². The monoisotopic (exact) mass is 487 g/mol. The molecule has 1 unspecified atom stereocenters. The lowest BCUT2D eigenvalue weighted by molar-refractivity contribution is -0.133. The van der Waals surface area contributed by atoms with Crippen molar-refractivity contribution >= 4 is 22.8 Å². The fourth-order valence-electron chi connectivity index (χ4n) is 4.70. The highest BCUT2D eigenvalue weighted by atomic mass is 16.5. The lowest BCUT2D eigenvalue weighted by Gasteiger charge is -2.29. The molecule has 0 aliphatic carbocycles. The van der Waals surface area contributed by atoms with Crippen LogP contribution in [0.2, 0.25) is 0 Å². The molecular formula is C26H29N7O3. The Morgan fingerprint density at radius 2 is 1.89 bits per heavy atom. The highest BCUT2D eigenvalue weighted by Gasteiger charge is 2.39. The first-order valence-electron chi connectivity index (χ1n) is 11.8. The third-order valence-corrected chi connectivity index (χ3v) is 6.70. The highest BCUT2D eigenvalue weighted by molar-refractivity contribution is 5.98. The number of hydrogen-bond acceptors (Lipinski definition) is 8. The van der Waals surface area contributed by atoms with Crippen LogP contribution in [0.25, 0.3) is 22.3 Å². The van der Waals surface area contributed by atoms with E-state index >= 15 is 0 Å². The fourth-order valence-corrected chi connectivity index (χ4v) is 4.70. The summed E-state index contributed by atoms with van der Waals surface area (Å²) >= 11 is 0. The molecule has 0 bridgehead atoms. The predicted molar refractivity (Wildman–Crippen MR) is 136 cm³/mol. The summed E-state index contributed by atoms with van der Waals surface area (Å²) in [5.41, 5.74) is 13.3. The number of piperidine rings is 1. The Kier molecular flexibility index (Phi) is 6.19. The number of nitrogens with one attached hydrogen (secondary N) is 1. The van der Waals surface area contributed by atoms with Crippen LogP contribution >= 0.6 is 0 Å². The molecule has 186 valence electrons. The van der Waals surface area contributed by atoms with Gasteiger partial charge in [0.2, 0.25) is 5.60 Å². The summed E-state index contributed by atoms with van der Waals surface area (Å²) in [6, 6.07) is 14.7. The molecule has 0 radical (unpaired) electrons. The van der Waals surface area contributed by atoms with Crippen LogP contribution in [0.1, 0.15) is 31.4 Å². The Morgan fingerprint density at radius 1 is 1.14 bits per heavy atom. The van der Waals surface area contributed by atoms with Gasteiger partial charge in [-0.05, 0) is 51.1 Å². The lowest BCUT2D eigenvalue weighted by atomic mass is 9.92. The molecule has 5 rings (SSSR count). The zero-order valence-electron chi connectivity index (χ0n) is 20.3. The summed E-state index contributed by atoms with van der Waals surface area (Å²) in [6.45, 7) is 3.46. The largest absolute Gasteiger partial charge is 0.496 e. The molecule has 1 saturated heterocycles. The number of nitrogen functional groups attached to an aromatic ring is 1. The molecule has 1 aliphatic rings. The number of carbonyl (C=O) groups is 1. The molecule has 2 aromatic heterocycles. The molecule has 10 heteroatoms. The molecule has 0 saturated carbocycles. The molecule has 3 heterocycles. The second-order valence-corrected chi connectivity index (χ2v) is 8.96. The van der Waals surface area contributed by atoms with Crippen LogP contribution in [0.5, 0.6) is 11.5 Å². The first-order chi connectivity index (χ1) is 17.4. The number of aromatic nitrogens is 4. The molecule has 10 nitrogen and oxygen atoms in total. The molecule has 4 aromatic rings. The summed E-state index contributed by atoms with van der Waals surface area (Å²) in [6.07, 6.45) is 3.34. The number of para-hydroxylation sites is 1. The zero-order chi connectivity index (χ0) is 25.3. The number of nitrogens with zero attached hydrogens (tertiary/aromatic N) is 4.